The number of benzene rings is 1. The first-order valence-electron chi connectivity index (χ1n) is 12.8. The Hall–Kier alpha value is -4.61. The summed E-state index contributed by atoms with van der Waals surface area (Å²) in [4.78, 5) is 46.7. The van der Waals surface area contributed by atoms with Gasteiger partial charge in [-0.3, -0.25) is 23.9 Å². The lowest BCUT2D eigenvalue weighted by Crippen LogP contribution is -2.44. The van der Waals surface area contributed by atoms with E-state index in [1.54, 1.807) is 37.6 Å². The van der Waals surface area contributed by atoms with Gasteiger partial charge in [-0.05, 0) is 32.9 Å². The molecule has 2 amide bonds. The average Bonchev–Trinajstić information content (AvgIpc) is 3.14. The molecule has 1 N–H and O–H groups in total. The van der Waals surface area contributed by atoms with Crippen LogP contribution < -0.4 is 19.9 Å². The third-order valence-corrected chi connectivity index (χ3v) is 7.16. The molecule has 4 aromatic rings. The zero-order valence-corrected chi connectivity index (χ0v) is 21.8. The van der Waals surface area contributed by atoms with E-state index < -0.39 is 11.9 Å². The Bertz CT molecular complexity index is 1590. The number of imidazole rings is 1. The molecule has 1 fully saturated rings. The maximum absolute atomic E-state index is 14.5. The van der Waals surface area contributed by atoms with Gasteiger partial charge in [0, 0.05) is 49.7 Å². The number of aryl methyl sites for hydroxylation is 1. The summed E-state index contributed by atoms with van der Waals surface area (Å²) in [7, 11) is 0. The quantitative estimate of drug-likeness (QED) is 0.428. The van der Waals surface area contributed by atoms with Crippen LogP contribution in [0.4, 0.5) is 16.0 Å². The molecule has 0 radical (unpaired) electrons. The fourth-order valence-corrected chi connectivity index (χ4v) is 4.97. The second-order valence-electron chi connectivity index (χ2n) is 9.79. The molecule has 11 nitrogen and oxygen atoms in total. The van der Waals surface area contributed by atoms with Crippen LogP contribution in [0.5, 0.6) is 5.75 Å². The second-order valence-corrected chi connectivity index (χ2v) is 9.79. The zero-order valence-electron chi connectivity index (χ0n) is 21.8. The summed E-state index contributed by atoms with van der Waals surface area (Å²) in [6.07, 6.45) is 6.48. The van der Waals surface area contributed by atoms with Gasteiger partial charge in [-0.15, -0.1) is 0 Å². The van der Waals surface area contributed by atoms with Gasteiger partial charge >= 0.3 is 0 Å². The van der Waals surface area contributed by atoms with E-state index in [1.165, 1.54) is 11.0 Å². The van der Waals surface area contributed by atoms with E-state index in [0.29, 0.717) is 48.1 Å². The van der Waals surface area contributed by atoms with Crippen LogP contribution in [0.25, 0.3) is 16.9 Å². The number of fused-ring (bicyclic) bond motifs is 2. The molecular weight excluding hydrogens is 503 g/mol. The number of hydrogen-bond acceptors (Lipinski definition) is 8. The largest absolute Gasteiger partial charge is 0.476 e. The zero-order chi connectivity index (χ0) is 27.3. The van der Waals surface area contributed by atoms with E-state index in [9.17, 15) is 14.0 Å². The first kappa shape index (κ1) is 24.7. The summed E-state index contributed by atoms with van der Waals surface area (Å²) >= 11 is 0. The second kappa shape index (κ2) is 9.61. The summed E-state index contributed by atoms with van der Waals surface area (Å²) in [6.45, 7) is 6.75. The van der Waals surface area contributed by atoms with Crippen molar-refractivity contribution >= 4 is 29.1 Å². The highest BCUT2D eigenvalue weighted by Gasteiger charge is 2.34. The summed E-state index contributed by atoms with van der Waals surface area (Å²) in [5.41, 5.74) is 3.82. The molecule has 6 rings (SSSR count). The van der Waals surface area contributed by atoms with Crippen molar-refractivity contribution in [3.05, 3.63) is 60.2 Å². The van der Waals surface area contributed by atoms with Crippen molar-refractivity contribution < 1.29 is 18.7 Å². The van der Waals surface area contributed by atoms with Crippen LogP contribution in [0, 0.1) is 12.7 Å². The molecule has 0 aliphatic carbocycles. The summed E-state index contributed by atoms with van der Waals surface area (Å²) < 4.78 is 21.9. The number of nitrogens with one attached hydrogen (secondary N) is 1. The fraction of sp³-hybridized carbons (Fsp3) is 0.333. The van der Waals surface area contributed by atoms with Gasteiger partial charge in [-0.1, -0.05) is 6.07 Å². The molecule has 1 saturated heterocycles. The number of carbonyl (C=O) groups excluding carboxylic acids is 2. The lowest BCUT2D eigenvalue weighted by atomic mass is 10.1. The molecular formula is C27H27FN8O3. The normalized spacial score (nSPS) is 19.5. The van der Waals surface area contributed by atoms with Crippen molar-refractivity contribution in [2.75, 3.05) is 22.9 Å². The number of para-hydroxylation sites is 1. The lowest BCUT2D eigenvalue weighted by Gasteiger charge is -2.33. The highest BCUT2D eigenvalue weighted by Crippen LogP contribution is 2.37. The van der Waals surface area contributed by atoms with Gasteiger partial charge in [0.1, 0.15) is 0 Å². The molecule has 0 spiro atoms. The van der Waals surface area contributed by atoms with E-state index in [-0.39, 0.29) is 30.2 Å². The van der Waals surface area contributed by atoms with Crippen molar-refractivity contribution in [2.24, 2.45) is 0 Å². The number of anilines is 2. The highest BCUT2D eigenvalue weighted by molar-refractivity contribution is 5.99. The average molecular weight is 531 g/mol. The maximum atomic E-state index is 14.5. The Labute approximate surface area is 223 Å². The van der Waals surface area contributed by atoms with E-state index in [0.717, 1.165) is 11.4 Å². The molecule has 2 aliphatic heterocycles. The van der Waals surface area contributed by atoms with Crippen LogP contribution >= 0.6 is 0 Å². The van der Waals surface area contributed by atoms with Crippen molar-refractivity contribution in [1.29, 1.82) is 0 Å². The molecule has 12 heteroatoms. The van der Waals surface area contributed by atoms with Gasteiger partial charge in [0.05, 0.1) is 35.5 Å². The number of nitrogens with zero attached hydrogens (tertiary/aromatic N) is 7. The molecule has 5 heterocycles. The van der Waals surface area contributed by atoms with Gasteiger partial charge in [-0.25, -0.2) is 19.3 Å². The number of aromatic nitrogens is 5. The van der Waals surface area contributed by atoms with Gasteiger partial charge in [0.25, 0.3) is 5.91 Å². The minimum absolute atomic E-state index is 0.0201. The smallest absolute Gasteiger partial charge is 0.268 e. The number of halogens is 1. The Balaban J connectivity index is 1.32. The standard InChI is InChI=1S/C27H27FN8O3/c1-15-9-30-24(37)7-8-34(15)27-31-10-18(11-32-27)20-13-35-22(16(2)33-23(35)12-29-20)14-36-21-6-4-5-19(28)25(21)39-17(3)26(36)38/h4-6,10-13,15,17H,7-9,14H2,1-3H3,(H,30,37)/t15?,17-/m1/s1. The molecule has 1 unspecified atom stereocenters. The van der Waals surface area contributed by atoms with E-state index in [1.807, 2.05) is 29.3 Å². The summed E-state index contributed by atoms with van der Waals surface area (Å²) in [6, 6.07) is 4.61. The monoisotopic (exact) mass is 530 g/mol. The lowest BCUT2D eigenvalue weighted by molar-refractivity contribution is -0.125. The molecule has 0 saturated carbocycles. The number of hydrogen-bond donors (Lipinski definition) is 1. The van der Waals surface area contributed by atoms with Crippen molar-refractivity contribution in [3.63, 3.8) is 0 Å². The number of ether oxygens (including phenoxy) is 1. The van der Waals surface area contributed by atoms with Crippen LogP contribution in [0.3, 0.4) is 0 Å². The molecule has 39 heavy (non-hydrogen) atoms. The van der Waals surface area contributed by atoms with Crippen LogP contribution in [0.1, 0.15) is 31.7 Å². The Morgan fingerprint density at radius 3 is 2.72 bits per heavy atom. The van der Waals surface area contributed by atoms with Crippen molar-refractivity contribution in [1.82, 2.24) is 29.7 Å². The topological polar surface area (TPSA) is 118 Å². The van der Waals surface area contributed by atoms with E-state index in [2.05, 4.69) is 25.3 Å². The third kappa shape index (κ3) is 4.41. The van der Waals surface area contributed by atoms with Crippen LogP contribution in [-0.4, -0.2) is 61.4 Å². The predicted molar refractivity (Wildman–Crippen MR) is 141 cm³/mol. The van der Waals surface area contributed by atoms with Crippen LogP contribution in [-0.2, 0) is 16.1 Å². The number of rotatable bonds is 4. The Morgan fingerprint density at radius 2 is 1.92 bits per heavy atom. The molecule has 2 aliphatic rings. The minimum atomic E-state index is -0.817. The first-order chi connectivity index (χ1) is 18.8. The third-order valence-electron chi connectivity index (χ3n) is 7.16. The number of carbonyl (C=O) groups is 2. The van der Waals surface area contributed by atoms with Gasteiger partial charge in [0.2, 0.25) is 11.9 Å². The molecule has 1 aromatic carbocycles. The molecule has 200 valence electrons. The number of amides is 2. The summed E-state index contributed by atoms with van der Waals surface area (Å²) in [5.74, 6) is -0.144. The first-order valence-corrected chi connectivity index (χ1v) is 12.8. The fourth-order valence-electron chi connectivity index (χ4n) is 4.97. The van der Waals surface area contributed by atoms with E-state index in [4.69, 9.17) is 4.74 Å². The Kier molecular flexibility index (Phi) is 6.09. The van der Waals surface area contributed by atoms with Crippen molar-refractivity contribution in [2.45, 2.75) is 45.9 Å². The van der Waals surface area contributed by atoms with E-state index >= 15 is 0 Å². The van der Waals surface area contributed by atoms with Crippen LogP contribution in [0.15, 0.2) is 43.0 Å². The highest BCUT2D eigenvalue weighted by atomic mass is 19.1. The Morgan fingerprint density at radius 1 is 1.13 bits per heavy atom. The van der Waals surface area contributed by atoms with Gasteiger partial charge in [-0.2, -0.15) is 0 Å². The van der Waals surface area contributed by atoms with Gasteiger partial charge in [0.15, 0.2) is 23.3 Å². The van der Waals surface area contributed by atoms with Crippen molar-refractivity contribution in [3.8, 4) is 17.0 Å². The molecule has 0 bridgehead atoms. The molecule has 3 aromatic heterocycles. The maximum Gasteiger partial charge on any atom is 0.268 e. The van der Waals surface area contributed by atoms with Gasteiger partial charge < -0.3 is 15.0 Å². The SMILES string of the molecule is Cc1nc2cnc(-c3cnc(N4CCC(=O)NCC4C)nc3)cn2c1CN1C(=O)[C@@H](C)Oc2c(F)cccc21. The summed E-state index contributed by atoms with van der Waals surface area (Å²) in [5, 5.41) is 2.89. The predicted octanol–water partition coefficient (Wildman–Crippen LogP) is 2.66. The molecule has 2 atom stereocenters. The minimum Gasteiger partial charge on any atom is -0.476 e. The van der Waals surface area contributed by atoms with Crippen LogP contribution in [0.2, 0.25) is 0 Å².